The Kier molecular flexibility index (Phi) is 12.8. The number of aromatic nitrogens is 3. The number of hydrogen-bond donors (Lipinski definition) is 3. The molecule has 3 N–H and O–H groups in total. The fourth-order valence-electron chi connectivity index (χ4n) is 11.9. The normalized spacial score (nSPS) is 26.8. The minimum absolute atomic E-state index is 0.0278. The van der Waals surface area contributed by atoms with Gasteiger partial charge in [0.2, 0.25) is 11.8 Å². The maximum Gasteiger partial charge on any atom is 0.324 e. The van der Waals surface area contributed by atoms with Crippen LogP contribution < -0.4 is 16.1 Å². The number of hydrogen-bond acceptors (Lipinski definition) is 12. The number of ether oxygens (including phenoxy) is 2. The van der Waals surface area contributed by atoms with Gasteiger partial charge in [-0.05, 0) is 101 Å². The third-order valence-corrected chi connectivity index (χ3v) is 16.5. The number of benzene rings is 1. The number of nitrogens with one attached hydrogen (secondary N) is 3. The summed E-state index contributed by atoms with van der Waals surface area (Å²) in [6, 6.07) is 8.54. The molecule has 10 rings (SSSR count). The molecule has 1 aromatic carbocycles. The average Bonchev–Trinajstić information content (AvgIpc) is 3.79. The first kappa shape index (κ1) is 46.0. The summed E-state index contributed by atoms with van der Waals surface area (Å²) in [6.45, 7) is 13.5. The molecule has 1 saturated carbocycles. The number of amides is 3. The van der Waals surface area contributed by atoms with Gasteiger partial charge in [-0.3, -0.25) is 34.1 Å². The number of aryl methyl sites for hydroxylation is 1. The minimum atomic E-state index is -0.920. The summed E-state index contributed by atoms with van der Waals surface area (Å²) in [6.07, 6.45) is 9.49. The van der Waals surface area contributed by atoms with E-state index < -0.39 is 23.5 Å². The van der Waals surface area contributed by atoms with E-state index in [4.69, 9.17) is 19.4 Å². The number of cyclic esters (lactones) is 1. The van der Waals surface area contributed by atoms with Crippen molar-refractivity contribution in [3.8, 4) is 22.5 Å². The molecule has 8 heterocycles. The summed E-state index contributed by atoms with van der Waals surface area (Å²) in [4.78, 5) is 71.3. The van der Waals surface area contributed by atoms with Gasteiger partial charge in [0, 0.05) is 97.2 Å². The SMILES string of the molecule is CCn1c(-c2cccnc2[C@H](C)OC)c2c3cc(ccc31)-c1csc(n1)C[C@H](NC(=O)[C@H](C1CCCC1)N1CC[C@]3(CCN(C(=O)[C@H]4CN4)C3)C1)C(=O)N1CCC[C@H](N1)C(=O)OCC(C)(C)C2. The van der Waals surface area contributed by atoms with Gasteiger partial charge >= 0.3 is 5.97 Å². The molecule has 1 spiro atoms. The van der Waals surface area contributed by atoms with Crippen LogP contribution in [0.2, 0.25) is 0 Å². The summed E-state index contributed by atoms with van der Waals surface area (Å²) in [7, 11) is 1.70. The van der Waals surface area contributed by atoms with Crippen LogP contribution in [0.5, 0.6) is 0 Å². The van der Waals surface area contributed by atoms with Crippen molar-refractivity contribution in [2.75, 3.05) is 53.0 Å². The topological polar surface area (TPSA) is 173 Å². The highest BCUT2D eigenvalue weighted by atomic mass is 32.1. The first-order valence-electron chi connectivity index (χ1n) is 24.7. The van der Waals surface area contributed by atoms with Gasteiger partial charge < -0.3 is 29.6 Å². The molecule has 6 bridgehead atoms. The second-order valence-electron chi connectivity index (χ2n) is 21.0. The largest absolute Gasteiger partial charge is 0.464 e. The van der Waals surface area contributed by atoms with Gasteiger partial charge in [0.15, 0.2) is 0 Å². The summed E-state index contributed by atoms with van der Waals surface area (Å²) < 4.78 is 14.4. The molecule has 16 heteroatoms. The highest BCUT2D eigenvalue weighted by Crippen LogP contribution is 2.44. The van der Waals surface area contributed by atoms with E-state index in [2.05, 4.69) is 75.9 Å². The zero-order chi connectivity index (χ0) is 46.6. The van der Waals surface area contributed by atoms with Crippen molar-refractivity contribution in [2.45, 2.75) is 129 Å². The molecule has 0 unspecified atom stereocenters. The number of nitrogens with zero attached hydrogens (tertiary/aromatic N) is 6. The molecule has 15 nitrogen and oxygen atoms in total. The number of carbonyl (C=O) groups excluding carboxylic acids is 4. The Bertz CT molecular complexity index is 2530. The molecule has 3 amide bonds. The third-order valence-electron chi connectivity index (χ3n) is 15.6. The van der Waals surface area contributed by atoms with Gasteiger partial charge in [-0.2, -0.15) is 0 Å². The average molecular weight is 934 g/mol. The zero-order valence-electron chi connectivity index (χ0n) is 39.8. The van der Waals surface area contributed by atoms with Gasteiger partial charge in [0.1, 0.15) is 12.1 Å². The van der Waals surface area contributed by atoms with Gasteiger partial charge in [-0.15, -0.1) is 11.3 Å². The van der Waals surface area contributed by atoms with E-state index in [9.17, 15) is 19.2 Å². The molecule has 6 aliphatic rings. The van der Waals surface area contributed by atoms with Crippen molar-refractivity contribution in [3.63, 3.8) is 0 Å². The lowest BCUT2D eigenvalue weighted by Gasteiger charge is -2.37. The van der Waals surface area contributed by atoms with Crippen LogP contribution in [0.3, 0.4) is 0 Å². The van der Waals surface area contributed by atoms with E-state index in [1.807, 2.05) is 24.1 Å². The van der Waals surface area contributed by atoms with E-state index in [1.165, 1.54) is 16.3 Å². The molecular formula is C51H67N9O6S. The summed E-state index contributed by atoms with van der Waals surface area (Å²) in [5, 5.41) is 11.9. The van der Waals surface area contributed by atoms with Gasteiger partial charge in [0.25, 0.3) is 5.91 Å². The highest BCUT2D eigenvalue weighted by Gasteiger charge is 2.50. The van der Waals surface area contributed by atoms with Crippen molar-refractivity contribution in [2.24, 2.45) is 16.7 Å². The Balaban J connectivity index is 0.993. The van der Waals surface area contributed by atoms with E-state index >= 15 is 0 Å². The van der Waals surface area contributed by atoms with Crippen molar-refractivity contribution >= 4 is 45.9 Å². The summed E-state index contributed by atoms with van der Waals surface area (Å²) in [5.41, 5.74) is 9.66. The highest BCUT2D eigenvalue weighted by molar-refractivity contribution is 7.10. The van der Waals surface area contributed by atoms with Crippen molar-refractivity contribution < 1.29 is 28.7 Å². The standard InChI is InChI=1S/C51H67N9O6S/c1-6-59-41-16-15-33-23-35(41)36(45(59)34-13-9-19-52-43(34)31(2)65-5)25-50(3,4)30-66-49(64)37-14-10-20-60(56-37)48(63)38(24-42-54-40(33)27-67-42)55-46(61)44(32-11-7-8-12-32)57-21-17-51(28-57)18-22-58(29-51)47(62)39-26-53-39/h9,13,15-16,19,23,27,31-32,37-39,44,53,56H,6-8,10-12,14,17-18,20-22,24-26,28-30H2,1-5H3,(H,55,61)/t31-,37-,38-,39+,44-,51-/m0/s1. The number of carbonyl (C=O) groups is 4. The number of likely N-dealkylation sites (tertiary alicyclic amines) is 2. The van der Waals surface area contributed by atoms with Crippen molar-refractivity contribution in [1.82, 2.24) is 45.4 Å². The number of methoxy groups -OCH3 is 1. The van der Waals surface area contributed by atoms with Crippen molar-refractivity contribution in [3.05, 3.63) is 58.2 Å². The Morgan fingerprint density at radius 1 is 1.06 bits per heavy atom. The van der Waals surface area contributed by atoms with Crippen LogP contribution in [-0.2, 0) is 48.0 Å². The van der Waals surface area contributed by atoms with Crippen LogP contribution >= 0.6 is 11.3 Å². The van der Waals surface area contributed by atoms with Crippen LogP contribution in [0.25, 0.3) is 33.4 Å². The second-order valence-corrected chi connectivity index (χ2v) is 21.9. The molecule has 67 heavy (non-hydrogen) atoms. The van der Waals surface area contributed by atoms with Crippen molar-refractivity contribution in [1.29, 1.82) is 0 Å². The number of hydrazine groups is 1. The Morgan fingerprint density at radius 2 is 1.87 bits per heavy atom. The van der Waals surface area contributed by atoms with Gasteiger partial charge in [-0.1, -0.05) is 32.8 Å². The molecule has 4 aromatic rings. The number of esters is 1. The molecule has 0 radical (unpaired) electrons. The smallest absolute Gasteiger partial charge is 0.324 e. The summed E-state index contributed by atoms with van der Waals surface area (Å²) >= 11 is 1.49. The van der Waals surface area contributed by atoms with E-state index in [1.54, 1.807) is 7.11 Å². The lowest BCUT2D eigenvalue weighted by molar-refractivity contribution is -0.155. The van der Waals surface area contributed by atoms with E-state index in [-0.39, 0.29) is 60.3 Å². The molecule has 6 atom stereocenters. The van der Waals surface area contributed by atoms with E-state index in [0.717, 1.165) is 127 Å². The summed E-state index contributed by atoms with van der Waals surface area (Å²) in [5.74, 6) is -0.441. The molecule has 4 saturated heterocycles. The molecule has 358 valence electrons. The first-order valence-corrected chi connectivity index (χ1v) is 25.6. The monoisotopic (exact) mass is 933 g/mol. The zero-order valence-corrected chi connectivity index (χ0v) is 40.6. The fraction of sp³-hybridized carbons (Fsp3) is 0.608. The molecule has 5 aliphatic heterocycles. The van der Waals surface area contributed by atoms with E-state index in [0.29, 0.717) is 25.8 Å². The quantitative estimate of drug-likeness (QED) is 0.140. The van der Waals surface area contributed by atoms with Crippen LogP contribution in [-0.4, -0.2) is 130 Å². The fourth-order valence-corrected chi connectivity index (χ4v) is 12.7. The number of thiazole rings is 1. The molecule has 1 aliphatic carbocycles. The maximum absolute atomic E-state index is 15.0. The Hall–Kier alpha value is -4.74. The number of fused-ring (bicyclic) bond motifs is 6. The lowest BCUT2D eigenvalue weighted by Crippen LogP contribution is -2.62. The van der Waals surface area contributed by atoms with Gasteiger partial charge in [0.05, 0.1) is 46.9 Å². The predicted molar refractivity (Wildman–Crippen MR) is 257 cm³/mol. The molecular weight excluding hydrogens is 867 g/mol. The third kappa shape index (κ3) is 9.16. The minimum Gasteiger partial charge on any atom is -0.464 e. The van der Waals surface area contributed by atoms with Crippen LogP contribution in [0.4, 0.5) is 0 Å². The predicted octanol–water partition coefficient (Wildman–Crippen LogP) is 5.66. The Labute approximate surface area is 397 Å². The van der Waals surface area contributed by atoms with Crippen LogP contribution in [0.1, 0.15) is 101 Å². The lowest BCUT2D eigenvalue weighted by atomic mass is 9.84. The Morgan fingerprint density at radius 3 is 2.64 bits per heavy atom. The number of rotatable bonds is 9. The number of pyridine rings is 1. The van der Waals surface area contributed by atoms with Crippen LogP contribution in [0.15, 0.2) is 41.9 Å². The van der Waals surface area contributed by atoms with Gasteiger partial charge in [-0.25, -0.2) is 10.4 Å². The second kappa shape index (κ2) is 18.6. The maximum atomic E-state index is 15.0. The molecule has 3 aromatic heterocycles. The molecule has 5 fully saturated rings. The van der Waals surface area contributed by atoms with Crippen LogP contribution in [0, 0.1) is 16.7 Å². The first-order chi connectivity index (χ1) is 32.3.